The molecule has 0 aromatic heterocycles. The van der Waals surface area contributed by atoms with Gasteiger partial charge in [-0.05, 0) is 38.0 Å². The Labute approximate surface area is 105 Å². The highest BCUT2D eigenvalue weighted by Gasteiger charge is 2.25. The highest BCUT2D eigenvalue weighted by atomic mass is 16.5. The largest absolute Gasteiger partial charge is 0.464 e. The van der Waals surface area contributed by atoms with Gasteiger partial charge in [-0.1, -0.05) is 27.2 Å². The summed E-state index contributed by atoms with van der Waals surface area (Å²) in [6.07, 6.45) is 4.74. The van der Waals surface area contributed by atoms with E-state index in [2.05, 4.69) is 11.9 Å². The normalized spacial score (nSPS) is 25.0. The van der Waals surface area contributed by atoms with Gasteiger partial charge in [0.15, 0.2) is 0 Å². The van der Waals surface area contributed by atoms with Gasteiger partial charge in [0, 0.05) is 5.71 Å². The van der Waals surface area contributed by atoms with Crippen molar-refractivity contribution in [2.24, 2.45) is 16.8 Å². The molecule has 0 spiro atoms. The van der Waals surface area contributed by atoms with Gasteiger partial charge in [-0.25, -0.2) is 4.79 Å². The minimum atomic E-state index is -0.314. The molecule has 1 aliphatic rings. The van der Waals surface area contributed by atoms with Crippen LogP contribution < -0.4 is 0 Å². The lowest BCUT2D eigenvalue weighted by atomic mass is 9.88. The average Bonchev–Trinajstić information content (AvgIpc) is 2.27. The highest BCUT2D eigenvalue weighted by molar-refractivity contribution is 5.90. The van der Waals surface area contributed by atoms with E-state index in [0.717, 1.165) is 6.42 Å². The van der Waals surface area contributed by atoms with Gasteiger partial charge in [0.2, 0.25) is 0 Å². The fourth-order valence-corrected chi connectivity index (χ4v) is 2.24. The standard InChI is InChI=1S/C14H25NO2/c1-5-17-14(16)13(10(2)3)15-12-9-7-6-8-11(12)4/h10-11,13H,5-9H2,1-4H3/t11?,13-/m0/s1. The summed E-state index contributed by atoms with van der Waals surface area (Å²) in [7, 11) is 0. The quantitative estimate of drug-likeness (QED) is 0.706. The number of esters is 1. The van der Waals surface area contributed by atoms with Crippen molar-refractivity contribution in [3.8, 4) is 0 Å². The van der Waals surface area contributed by atoms with Crippen molar-refractivity contribution in [2.75, 3.05) is 6.61 Å². The summed E-state index contributed by atoms with van der Waals surface area (Å²) in [5.41, 5.74) is 1.21. The van der Waals surface area contributed by atoms with Gasteiger partial charge in [-0.2, -0.15) is 0 Å². The van der Waals surface area contributed by atoms with Crippen molar-refractivity contribution in [1.82, 2.24) is 0 Å². The topological polar surface area (TPSA) is 38.7 Å². The molecule has 1 unspecified atom stereocenters. The number of ether oxygens (including phenoxy) is 1. The first kappa shape index (κ1) is 14.2. The smallest absolute Gasteiger partial charge is 0.331 e. The maximum absolute atomic E-state index is 11.8. The van der Waals surface area contributed by atoms with E-state index in [1.165, 1.54) is 25.0 Å². The lowest BCUT2D eigenvalue weighted by Crippen LogP contribution is -2.30. The Morgan fingerprint density at radius 2 is 2.18 bits per heavy atom. The first-order chi connectivity index (χ1) is 8.06. The number of aliphatic imine (C=N–C) groups is 1. The maximum atomic E-state index is 11.8. The third kappa shape index (κ3) is 4.14. The van der Waals surface area contributed by atoms with E-state index in [-0.39, 0.29) is 17.9 Å². The summed E-state index contributed by atoms with van der Waals surface area (Å²) in [6.45, 7) is 8.53. The van der Waals surface area contributed by atoms with Crippen LogP contribution >= 0.6 is 0 Å². The monoisotopic (exact) mass is 239 g/mol. The Morgan fingerprint density at radius 3 is 2.71 bits per heavy atom. The second-order valence-corrected chi connectivity index (χ2v) is 5.21. The van der Waals surface area contributed by atoms with Crippen LogP contribution in [0, 0.1) is 11.8 Å². The van der Waals surface area contributed by atoms with Crippen LogP contribution in [0.4, 0.5) is 0 Å². The molecule has 1 aliphatic carbocycles. The molecule has 0 saturated heterocycles. The van der Waals surface area contributed by atoms with Crippen LogP contribution in [0.3, 0.4) is 0 Å². The van der Waals surface area contributed by atoms with Crippen molar-refractivity contribution in [3.05, 3.63) is 0 Å². The molecule has 3 heteroatoms. The molecule has 0 amide bonds. The fourth-order valence-electron chi connectivity index (χ4n) is 2.24. The number of hydrogen-bond acceptors (Lipinski definition) is 3. The van der Waals surface area contributed by atoms with Crippen LogP contribution in [0.5, 0.6) is 0 Å². The minimum absolute atomic E-state index is 0.173. The van der Waals surface area contributed by atoms with E-state index in [4.69, 9.17) is 4.74 Å². The summed E-state index contributed by atoms with van der Waals surface area (Å²) in [5.74, 6) is 0.558. The first-order valence-electron chi connectivity index (χ1n) is 6.79. The molecule has 0 bridgehead atoms. The highest BCUT2D eigenvalue weighted by Crippen LogP contribution is 2.23. The zero-order chi connectivity index (χ0) is 12.8. The molecule has 2 atom stereocenters. The van der Waals surface area contributed by atoms with E-state index >= 15 is 0 Å². The molecule has 0 aromatic rings. The summed E-state index contributed by atoms with van der Waals surface area (Å²) in [4.78, 5) is 16.5. The molecule has 0 radical (unpaired) electrons. The maximum Gasteiger partial charge on any atom is 0.331 e. The van der Waals surface area contributed by atoms with E-state index < -0.39 is 0 Å². The minimum Gasteiger partial charge on any atom is -0.464 e. The van der Waals surface area contributed by atoms with Crippen LogP contribution in [0.2, 0.25) is 0 Å². The molecule has 0 heterocycles. The molecule has 0 aromatic carbocycles. The third-order valence-corrected chi connectivity index (χ3v) is 3.35. The zero-order valence-electron chi connectivity index (χ0n) is 11.5. The molecule has 0 N–H and O–H groups in total. The SMILES string of the molecule is CCOC(=O)[C@@H](N=C1CCCCC1C)C(C)C. The van der Waals surface area contributed by atoms with Crippen molar-refractivity contribution < 1.29 is 9.53 Å². The van der Waals surface area contributed by atoms with Gasteiger partial charge in [-0.3, -0.25) is 4.99 Å². The summed E-state index contributed by atoms with van der Waals surface area (Å²) in [6, 6.07) is -0.314. The summed E-state index contributed by atoms with van der Waals surface area (Å²) < 4.78 is 5.10. The Bertz CT molecular complexity index is 284. The van der Waals surface area contributed by atoms with Crippen LogP contribution in [-0.4, -0.2) is 24.3 Å². The summed E-state index contributed by atoms with van der Waals surface area (Å²) >= 11 is 0. The van der Waals surface area contributed by atoms with Crippen LogP contribution in [0.25, 0.3) is 0 Å². The lowest BCUT2D eigenvalue weighted by Gasteiger charge is -2.23. The molecular formula is C14H25NO2. The van der Waals surface area contributed by atoms with Crippen molar-refractivity contribution in [2.45, 2.75) is 59.4 Å². The zero-order valence-corrected chi connectivity index (χ0v) is 11.5. The van der Waals surface area contributed by atoms with Gasteiger partial charge in [0.05, 0.1) is 6.61 Å². The van der Waals surface area contributed by atoms with Gasteiger partial charge in [-0.15, -0.1) is 0 Å². The Balaban J connectivity index is 2.77. The van der Waals surface area contributed by atoms with E-state index in [1.54, 1.807) is 0 Å². The Kier molecular flexibility index (Phi) is 5.66. The van der Waals surface area contributed by atoms with Crippen LogP contribution in [0.1, 0.15) is 53.4 Å². The third-order valence-electron chi connectivity index (χ3n) is 3.35. The number of carbonyl (C=O) groups is 1. The van der Waals surface area contributed by atoms with Gasteiger partial charge < -0.3 is 4.74 Å². The van der Waals surface area contributed by atoms with E-state index in [9.17, 15) is 4.79 Å². The number of nitrogens with zero attached hydrogens (tertiary/aromatic N) is 1. The second kappa shape index (κ2) is 6.77. The Morgan fingerprint density at radius 1 is 1.47 bits per heavy atom. The van der Waals surface area contributed by atoms with Crippen LogP contribution in [0.15, 0.2) is 4.99 Å². The number of carbonyl (C=O) groups excluding carboxylic acids is 1. The second-order valence-electron chi connectivity index (χ2n) is 5.21. The average molecular weight is 239 g/mol. The van der Waals surface area contributed by atoms with Gasteiger partial charge in [0.25, 0.3) is 0 Å². The Hall–Kier alpha value is -0.860. The van der Waals surface area contributed by atoms with Crippen molar-refractivity contribution >= 4 is 11.7 Å². The molecule has 0 aliphatic heterocycles. The van der Waals surface area contributed by atoms with Crippen molar-refractivity contribution in [1.29, 1.82) is 0 Å². The van der Waals surface area contributed by atoms with E-state index in [0.29, 0.717) is 12.5 Å². The van der Waals surface area contributed by atoms with Gasteiger partial charge in [0.1, 0.15) is 6.04 Å². The molecule has 1 rings (SSSR count). The summed E-state index contributed by atoms with van der Waals surface area (Å²) in [5, 5.41) is 0. The molecule has 1 fully saturated rings. The van der Waals surface area contributed by atoms with Crippen molar-refractivity contribution in [3.63, 3.8) is 0 Å². The first-order valence-corrected chi connectivity index (χ1v) is 6.79. The van der Waals surface area contributed by atoms with Crippen LogP contribution in [-0.2, 0) is 9.53 Å². The predicted molar refractivity (Wildman–Crippen MR) is 70.3 cm³/mol. The molecule has 98 valence electrons. The lowest BCUT2D eigenvalue weighted by molar-refractivity contribution is -0.145. The number of hydrogen-bond donors (Lipinski definition) is 0. The fraction of sp³-hybridized carbons (Fsp3) is 0.857. The van der Waals surface area contributed by atoms with Gasteiger partial charge >= 0.3 is 5.97 Å². The molecule has 17 heavy (non-hydrogen) atoms. The predicted octanol–water partition coefficient (Wildman–Crippen LogP) is 3.23. The molecule has 3 nitrogen and oxygen atoms in total. The van der Waals surface area contributed by atoms with E-state index in [1.807, 2.05) is 20.8 Å². The molecule has 1 saturated carbocycles. The number of rotatable bonds is 4. The molecular weight excluding hydrogens is 214 g/mol.